The van der Waals surface area contributed by atoms with E-state index in [1.54, 1.807) is 10.6 Å². The van der Waals surface area contributed by atoms with Crippen molar-refractivity contribution >= 4 is 16.7 Å². The normalized spacial score (nSPS) is 13.2. The zero-order chi connectivity index (χ0) is 11.0. The van der Waals surface area contributed by atoms with Gasteiger partial charge in [-0.15, -0.1) is 0 Å². The summed E-state index contributed by atoms with van der Waals surface area (Å²) in [5.74, 6) is 0. The molecule has 0 bridgehead atoms. The first-order chi connectivity index (χ1) is 7.13. The number of imidazole rings is 1. The summed E-state index contributed by atoms with van der Waals surface area (Å²) in [7, 11) is 0. The van der Waals surface area contributed by atoms with E-state index in [4.69, 9.17) is 5.73 Å². The summed E-state index contributed by atoms with van der Waals surface area (Å²) >= 11 is 0. The van der Waals surface area contributed by atoms with Crippen LogP contribution >= 0.6 is 0 Å². The predicted molar refractivity (Wildman–Crippen MR) is 62.0 cm³/mol. The Morgan fingerprint density at radius 2 is 2.27 bits per heavy atom. The molecule has 0 aliphatic rings. The highest BCUT2D eigenvalue weighted by atomic mass is 16.1. The summed E-state index contributed by atoms with van der Waals surface area (Å²) in [6.07, 6.45) is 0.928. The quantitative estimate of drug-likeness (QED) is 0.735. The molecule has 1 atom stereocenters. The van der Waals surface area contributed by atoms with E-state index in [9.17, 15) is 4.79 Å². The highest BCUT2D eigenvalue weighted by Gasteiger charge is 2.10. The van der Waals surface area contributed by atoms with Crippen LogP contribution in [0.25, 0.3) is 11.0 Å². The third-order valence-corrected chi connectivity index (χ3v) is 2.77. The van der Waals surface area contributed by atoms with Gasteiger partial charge in [-0.05, 0) is 31.5 Å². The minimum atomic E-state index is -0.0649. The van der Waals surface area contributed by atoms with Crippen LogP contribution < -0.4 is 11.4 Å². The van der Waals surface area contributed by atoms with Crippen molar-refractivity contribution in [2.45, 2.75) is 26.3 Å². The molecule has 0 aliphatic carbocycles. The number of benzene rings is 1. The Bertz CT molecular complexity index is 538. The lowest BCUT2D eigenvalue weighted by Crippen LogP contribution is -2.19. The second kappa shape index (κ2) is 3.46. The molecule has 0 radical (unpaired) electrons. The van der Waals surface area contributed by atoms with E-state index in [-0.39, 0.29) is 11.7 Å². The number of nitrogens with zero attached hydrogens (tertiary/aromatic N) is 1. The first kappa shape index (κ1) is 9.83. The zero-order valence-corrected chi connectivity index (χ0v) is 8.95. The predicted octanol–water partition coefficient (Wildman–Crippen LogP) is 1.88. The first-order valence-corrected chi connectivity index (χ1v) is 5.13. The molecule has 1 heterocycles. The number of aromatic nitrogens is 2. The molecule has 80 valence electrons. The Labute approximate surface area is 87.7 Å². The van der Waals surface area contributed by atoms with Crippen LogP contribution in [0.4, 0.5) is 5.69 Å². The second-order valence-electron chi connectivity index (χ2n) is 3.83. The molecule has 4 nitrogen and oxygen atoms in total. The topological polar surface area (TPSA) is 63.8 Å². The van der Waals surface area contributed by atoms with E-state index in [1.165, 1.54) is 0 Å². The highest BCUT2D eigenvalue weighted by Crippen LogP contribution is 2.18. The van der Waals surface area contributed by atoms with Gasteiger partial charge in [0.1, 0.15) is 0 Å². The van der Waals surface area contributed by atoms with Crippen LogP contribution in [-0.2, 0) is 0 Å². The Balaban J connectivity index is 2.74. The lowest BCUT2D eigenvalue weighted by Gasteiger charge is -2.10. The fourth-order valence-electron chi connectivity index (χ4n) is 1.77. The molecule has 0 fully saturated rings. The number of H-pyrrole nitrogens is 1. The Morgan fingerprint density at radius 1 is 1.53 bits per heavy atom. The van der Waals surface area contributed by atoms with Crippen LogP contribution in [0.1, 0.15) is 26.3 Å². The van der Waals surface area contributed by atoms with E-state index in [1.807, 2.05) is 19.1 Å². The standard InChI is InChI=1S/C11H15N3O/c1-3-7(2)14-10-5-4-8(12)6-9(10)13-11(14)15/h4-7H,3,12H2,1-2H3,(H,13,15). The van der Waals surface area contributed by atoms with Gasteiger partial charge in [0.2, 0.25) is 0 Å². The van der Waals surface area contributed by atoms with E-state index >= 15 is 0 Å². The van der Waals surface area contributed by atoms with Gasteiger partial charge in [0.05, 0.1) is 11.0 Å². The van der Waals surface area contributed by atoms with Crippen LogP contribution in [0.3, 0.4) is 0 Å². The summed E-state index contributed by atoms with van der Waals surface area (Å²) in [6.45, 7) is 4.10. The smallest absolute Gasteiger partial charge is 0.326 e. The monoisotopic (exact) mass is 205 g/mol. The average Bonchev–Trinajstić information content (AvgIpc) is 2.52. The zero-order valence-electron chi connectivity index (χ0n) is 8.95. The van der Waals surface area contributed by atoms with E-state index in [2.05, 4.69) is 11.9 Å². The number of hydrogen-bond acceptors (Lipinski definition) is 2. The van der Waals surface area contributed by atoms with Crippen LogP contribution in [0.5, 0.6) is 0 Å². The first-order valence-electron chi connectivity index (χ1n) is 5.13. The van der Waals surface area contributed by atoms with Gasteiger partial charge in [0, 0.05) is 11.7 Å². The highest BCUT2D eigenvalue weighted by molar-refractivity contribution is 5.79. The van der Waals surface area contributed by atoms with E-state index in [0.717, 1.165) is 17.5 Å². The summed E-state index contributed by atoms with van der Waals surface area (Å²) < 4.78 is 1.77. The van der Waals surface area contributed by atoms with Crippen molar-refractivity contribution in [1.82, 2.24) is 9.55 Å². The van der Waals surface area contributed by atoms with Gasteiger partial charge in [-0.1, -0.05) is 6.92 Å². The van der Waals surface area contributed by atoms with Gasteiger partial charge in [0.15, 0.2) is 0 Å². The van der Waals surface area contributed by atoms with Crippen molar-refractivity contribution in [3.05, 3.63) is 28.7 Å². The molecule has 3 N–H and O–H groups in total. The van der Waals surface area contributed by atoms with Crippen LogP contribution in [0, 0.1) is 0 Å². The van der Waals surface area contributed by atoms with Gasteiger partial charge in [-0.2, -0.15) is 0 Å². The number of anilines is 1. The number of fused-ring (bicyclic) bond motifs is 1. The minimum absolute atomic E-state index is 0.0649. The van der Waals surface area contributed by atoms with Gasteiger partial charge in [-0.3, -0.25) is 4.57 Å². The van der Waals surface area contributed by atoms with Crippen LogP contribution in [0.15, 0.2) is 23.0 Å². The molecular weight excluding hydrogens is 190 g/mol. The maximum atomic E-state index is 11.7. The fraction of sp³-hybridized carbons (Fsp3) is 0.364. The molecule has 0 aliphatic heterocycles. The van der Waals surface area contributed by atoms with Crippen molar-refractivity contribution in [3.63, 3.8) is 0 Å². The maximum Gasteiger partial charge on any atom is 0.326 e. The molecular formula is C11H15N3O. The number of nitrogen functional groups attached to an aromatic ring is 1. The molecule has 0 saturated heterocycles. The summed E-state index contributed by atoms with van der Waals surface area (Å²) in [5, 5.41) is 0. The average molecular weight is 205 g/mol. The molecule has 1 aromatic carbocycles. The molecule has 0 spiro atoms. The van der Waals surface area contributed by atoms with Crippen molar-refractivity contribution in [2.75, 3.05) is 5.73 Å². The number of nitrogens with one attached hydrogen (secondary N) is 1. The van der Waals surface area contributed by atoms with E-state index < -0.39 is 0 Å². The molecule has 1 unspecified atom stereocenters. The summed E-state index contributed by atoms with van der Waals surface area (Å²) in [4.78, 5) is 14.5. The van der Waals surface area contributed by atoms with Crippen LogP contribution in [-0.4, -0.2) is 9.55 Å². The second-order valence-corrected chi connectivity index (χ2v) is 3.83. The number of rotatable bonds is 2. The van der Waals surface area contributed by atoms with Crippen molar-refractivity contribution in [1.29, 1.82) is 0 Å². The molecule has 15 heavy (non-hydrogen) atoms. The van der Waals surface area contributed by atoms with Gasteiger partial charge >= 0.3 is 5.69 Å². The Kier molecular flexibility index (Phi) is 2.26. The van der Waals surface area contributed by atoms with Gasteiger partial charge in [-0.25, -0.2) is 4.79 Å². The molecule has 0 saturated carbocycles. The van der Waals surface area contributed by atoms with E-state index in [0.29, 0.717) is 5.69 Å². The molecule has 0 amide bonds. The third kappa shape index (κ3) is 1.52. The van der Waals surface area contributed by atoms with Gasteiger partial charge in [0.25, 0.3) is 0 Å². The minimum Gasteiger partial charge on any atom is -0.399 e. The van der Waals surface area contributed by atoms with Gasteiger partial charge < -0.3 is 10.7 Å². The Hall–Kier alpha value is -1.71. The maximum absolute atomic E-state index is 11.7. The largest absolute Gasteiger partial charge is 0.399 e. The summed E-state index contributed by atoms with van der Waals surface area (Å²) in [5.41, 5.74) is 7.99. The lowest BCUT2D eigenvalue weighted by atomic mass is 10.2. The van der Waals surface area contributed by atoms with Crippen molar-refractivity contribution in [2.24, 2.45) is 0 Å². The Morgan fingerprint density at radius 3 is 2.93 bits per heavy atom. The summed E-state index contributed by atoms with van der Waals surface area (Å²) in [6, 6.07) is 5.69. The molecule has 2 rings (SSSR count). The third-order valence-electron chi connectivity index (χ3n) is 2.77. The van der Waals surface area contributed by atoms with Crippen molar-refractivity contribution < 1.29 is 0 Å². The molecule has 1 aromatic heterocycles. The van der Waals surface area contributed by atoms with Crippen LogP contribution in [0.2, 0.25) is 0 Å². The lowest BCUT2D eigenvalue weighted by molar-refractivity contribution is 0.530. The number of nitrogens with two attached hydrogens (primary N) is 1. The number of aromatic amines is 1. The SMILES string of the molecule is CCC(C)n1c(=O)[nH]c2cc(N)ccc21. The molecule has 4 heteroatoms. The number of hydrogen-bond donors (Lipinski definition) is 2. The molecule has 2 aromatic rings. The fourth-order valence-corrected chi connectivity index (χ4v) is 1.77. The van der Waals surface area contributed by atoms with Crippen molar-refractivity contribution in [3.8, 4) is 0 Å².